The van der Waals surface area contributed by atoms with Crippen LogP contribution in [0.1, 0.15) is 21.7 Å². The summed E-state index contributed by atoms with van der Waals surface area (Å²) in [4.78, 5) is 44.0. The number of rotatable bonds is 7. The zero-order valence-electron chi connectivity index (χ0n) is 18.5. The van der Waals surface area contributed by atoms with Crippen molar-refractivity contribution in [1.82, 2.24) is 9.97 Å². The van der Waals surface area contributed by atoms with Crippen molar-refractivity contribution in [3.63, 3.8) is 0 Å². The van der Waals surface area contributed by atoms with Gasteiger partial charge in [-0.1, -0.05) is 30.0 Å². The number of non-ortho nitro benzene ring substituents is 1. The van der Waals surface area contributed by atoms with Crippen molar-refractivity contribution in [2.75, 3.05) is 16.4 Å². The standard InChI is InChI=1S/C23H18FN5O5S/c1-12-13(2)34-22-19(12)20(26-21(31)14-6-4-3-5-7-14)27-23(28-22)35-11-18(30)25-17-10-15(29(32)33)8-9-16(17)24/h3-10H,11H2,1-2H3,(H,25,30)(H,26,27,28,31). The molecule has 0 aliphatic heterocycles. The summed E-state index contributed by atoms with van der Waals surface area (Å²) in [5.41, 5.74) is 0.772. The van der Waals surface area contributed by atoms with Crippen LogP contribution in [0.3, 0.4) is 0 Å². The molecule has 10 nitrogen and oxygen atoms in total. The number of nitrogens with one attached hydrogen (secondary N) is 2. The molecule has 2 aromatic carbocycles. The Balaban J connectivity index is 1.55. The number of thioether (sulfide) groups is 1. The molecule has 0 saturated carbocycles. The lowest BCUT2D eigenvalue weighted by Gasteiger charge is -2.09. The van der Waals surface area contributed by atoms with Gasteiger partial charge in [0.15, 0.2) is 5.16 Å². The fourth-order valence-electron chi connectivity index (χ4n) is 3.19. The van der Waals surface area contributed by atoms with E-state index in [-0.39, 0.29) is 39.7 Å². The van der Waals surface area contributed by atoms with Crippen LogP contribution >= 0.6 is 11.8 Å². The Hall–Kier alpha value is -4.32. The third-order valence-corrected chi connectivity index (χ3v) is 5.89. The van der Waals surface area contributed by atoms with Gasteiger partial charge in [0.2, 0.25) is 11.6 Å². The average molecular weight is 495 g/mol. The highest BCUT2D eigenvalue weighted by atomic mass is 32.2. The third-order valence-electron chi connectivity index (χ3n) is 5.04. The van der Waals surface area contributed by atoms with Gasteiger partial charge in [-0.15, -0.1) is 0 Å². The topological polar surface area (TPSA) is 140 Å². The summed E-state index contributed by atoms with van der Waals surface area (Å²) in [6.45, 7) is 3.57. The monoisotopic (exact) mass is 495 g/mol. The SMILES string of the molecule is Cc1oc2nc(SCC(=O)Nc3cc([N+](=O)[O-])ccc3F)nc(NC(=O)c3ccccc3)c2c1C. The Labute approximate surface area is 202 Å². The van der Waals surface area contributed by atoms with Crippen molar-refractivity contribution in [3.05, 3.63) is 81.3 Å². The first-order valence-corrected chi connectivity index (χ1v) is 11.2. The van der Waals surface area contributed by atoms with Crippen LogP contribution < -0.4 is 10.6 Å². The minimum absolute atomic E-state index is 0.143. The van der Waals surface area contributed by atoms with Gasteiger partial charge < -0.3 is 15.1 Å². The molecular weight excluding hydrogens is 477 g/mol. The van der Waals surface area contributed by atoms with E-state index >= 15 is 0 Å². The van der Waals surface area contributed by atoms with E-state index in [4.69, 9.17) is 4.42 Å². The number of fused-ring (bicyclic) bond motifs is 1. The summed E-state index contributed by atoms with van der Waals surface area (Å²) in [6, 6.07) is 11.4. The first kappa shape index (κ1) is 23.8. The molecule has 2 amide bonds. The molecule has 0 bridgehead atoms. The largest absolute Gasteiger partial charge is 0.443 e. The van der Waals surface area contributed by atoms with E-state index in [2.05, 4.69) is 20.6 Å². The Morgan fingerprint density at radius 2 is 1.86 bits per heavy atom. The number of halogens is 1. The van der Waals surface area contributed by atoms with Gasteiger partial charge in [0, 0.05) is 23.3 Å². The lowest BCUT2D eigenvalue weighted by molar-refractivity contribution is -0.384. The van der Waals surface area contributed by atoms with E-state index in [1.54, 1.807) is 37.3 Å². The van der Waals surface area contributed by atoms with Crippen molar-refractivity contribution >= 4 is 51.9 Å². The summed E-state index contributed by atoms with van der Waals surface area (Å²) >= 11 is 0.929. The quantitative estimate of drug-likeness (QED) is 0.160. The van der Waals surface area contributed by atoms with Crippen molar-refractivity contribution in [1.29, 1.82) is 0 Å². The van der Waals surface area contributed by atoms with Crippen LogP contribution in [-0.4, -0.2) is 32.5 Å². The van der Waals surface area contributed by atoms with Gasteiger partial charge >= 0.3 is 0 Å². The van der Waals surface area contributed by atoms with Crippen LogP contribution in [0.4, 0.5) is 21.6 Å². The number of aromatic nitrogens is 2. The van der Waals surface area contributed by atoms with Crippen molar-refractivity contribution < 1.29 is 23.3 Å². The number of carbonyl (C=O) groups is 2. The maximum absolute atomic E-state index is 14.0. The molecule has 0 aliphatic rings. The van der Waals surface area contributed by atoms with E-state index in [0.29, 0.717) is 16.7 Å². The summed E-state index contributed by atoms with van der Waals surface area (Å²) in [5, 5.41) is 16.7. The molecular formula is C23H18FN5O5S. The van der Waals surface area contributed by atoms with E-state index in [9.17, 15) is 24.1 Å². The van der Waals surface area contributed by atoms with Crippen molar-refractivity contribution in [3.8, 4) is 0 Å². The summed E-state index contributed by atoms with van der Waals surface area (Å²) in [6.07, 6.45) is 0. The van der Waals surface area contributed by atoms with Crippen LogP contribution in [0.25, 0.3) is 11.1 Å². The number of aryl methyl sites for hydroxylation is 2. The lowest BCUT2D eigenvalue weighted by atomic mass is 10.2. The fourth-order valence-corrected chi connectivity index (χ4v) is 3.83. The first-order chi connectivity index (χ1) is 16.7. The Morgan fingerprint density at radius 1 is 1.11 bits per heavy atom. The van der Waals surface area contributed by atoms with Gasteiger partial charge in [0.25, 0.3) is 11.6 Å². The second-order valence-electron chi connectivity index (χ2n) is 7.40. The molecule has 0 fully saturated rings. The number of carbonyl (C=O) groups excluding carboxylic acids is 2. The number of furan rings is 1. The number of nitrogens with zero attached hydrogens (tertiary/aromatic N) is 3. The van der Waals surface area contributed by atoms with E-state index in [1.165, 1.54) is 0 Å². The molecule has 0 radical (unpaired) electrons. The lowest BCUT2D eigenvalue weighted by Crippen LogP contribution is -2.16. The van der Waals surface area contributed by atoms with Gasteiger partial charge in [-0.05, 0) is 32.0 Å². The number of amides is 2. The van der Waals surface area contributed by atoms with Crippen LogP contribution in [0.15, 0.2) is 58.1 Å². The Kier molecular flexibility index (Phi) is 6.73. The predicted molar refractivity (Wildman–Crippen MR) is 128 cm³/mol. The summed E-state index contributed by atoms with van der Waals surface area (Å²) in [5.74, 6) is -1.20. The second-order valence-corrected chi connectivity index (χ2v) is 8.34. The van der Waals surface area contributed by atoms with Crippen molar-refractivity contribution in [2.24, 2.45) is 0 Å². The molecule has 0 aliphatic carbocycles. The van der Waals surface area contributed by atoms with E-state index in [1.807, 2.05) is 6.92 Å². The van der Waals surface area contributed by atoms with Gasteiger partial charge in [-0.3, -0.25) is 19.7 Å². The van der Waals surface area contributed by atoms with Crippen LogP contribution in [-0.2, 0) is 4.79 Å². The molecule has 2 heterocycles. The third kappa shape index (κ3) is 5.27. The fraction of sp³-hybridized carbons (Fsp3) is 0.130. The number of hydrogen-bond donors (Lipinski definition) is 2. The molecule has 4 rings (SSSR count). The predicted octanol–water partition coefficient (Wildman–Crippen LogP) is 4.87. The van der Waals surface area contributed by atoms with Gasteiger partial charge in [0.1, 0.15) is 17.4 Å². The van der Waals surface area contributed by atoms with Gasteiger partial charge in [-0.2, -0.15) is 4.98 Å². The van der Waals surface area contributed by atoms with Gasteiger partial charge in [0.05, 0.1) is 21.7 Å². The number of nitro benzene ring substituents is 1. The maximum Gasteiger partial charge on any atom is 0.271 e. The smallest absolute Gasteiger partial charge is 0.271 e. The van der Waals surface area contributed by atoms with Gasteiger partial charge in [-0.25, -0.2) is 9.37 Å². The number of hydrogen-bond acceptors (Lipinski definition) is 8. The first-order valence-electron chi connectivity index (χ1n) is 10.2. The highest BCUT2D eigenvalue weighted by Crippen LogP contribution is 2.31. The summed E-state index contributed by atoms with van der Waals surface area (Å²) < 4.78 is 19.7. The minimum Gasteiger partial charge on any atom is -0.443 e. The molecule has 12 heteroatoms. The van der Waals surface area contributed by atoms with E-state index < -0.39 is 16.6 Å². The molecule has 0 unspecified atom stereocenters. The number of nitro groups is 1. The molecule has 178 valence electrons. The van der Waals surface area contributed by atoms with E-state index in [0.717, 1.165) is 35.5 Å². The summed E-state index contributed by atoms with van der Waals surface area (Å²) in [7, 11) is 0. The zero-order valence-corrected chi connectivity index (χ0v) is 19.3. The molecule has 4 aromatic rings. The number of benzene rings is 2. The maximum atomic E-state index is 14.0. The van der Waals surface area contributed by atoms with Crippen molar-refractivity contribution in [2.45, 2.75) is 19.0 Å². The average Bonchev–Trinajstić information content (AvgIpc) is 3.12. The highest BCUT2D eigenvalue weighted by molar-refractivity contribution is 7.99. The normalized spacial score (nSPS) is 10.8. The molecule has 0 saturated heterocycles. The molecule has 2 N–H and O–H groups in total. The van der Waals surface area contributed by atoms with Crippen LogP contribution in [0.2, 0.25) is 0 Å². The zero-order chi connectivity index (χ0) is 25.1. The Morgan fingerprint density at radius 3 is 2.57 bits per heavy atom. The number of anilines is 2. The second kappa shape index (κ2) is 9.89. The molecule has 35 heavy (non-hydrogen) atoms. The molecule has 2 aromatic heterocycles. The van der Waals surface area contributed by atoms with Crippen LogP contribution in [0, 0.1) is 29.8 Å². The highest BCUT2D eigenvalue weighted by Gasteiger charge is 2.20. The molecule has 0 atom stereocenters. The Bertz CT molecular complexity index is 1460. The minimum atomic E-state index is -0.806. The van der Waals surface area contributed by atoms with Crippen LogP contribution in [0.5, 0.6) is 0 Å². The molecule has 0 spiro atoms.